The highest BCUT2D eigenvalue weighted by molar-refractivity contribution is 5.92. The summed E-state index contributed by atoms with van der Waals surface area (Å²) in [5, 5.41) is 43.1. The molecule has 0 saturated heterocycles. The minimum Gasteiger partial charge on any atom is -0.481 e. The Morgan fingerprint density at radius 1 is 1.43 bits per heavy atom. The molecule has 0 aromatic heterocycles. The minimum absolute atomic E-state index is 0.157. The number of carbonyl (C=O) groups is 2. The predicted octanol–water partition coefficient (Wildman–Crippen LogP) is 2.65. The van der Waals surface area contributed by atoms with Crippen LogP contribution in [-0.4, -0.2) is 32.6 Å². The molecule has 4 unspecified atom stereocenters. The normalized spacial score (nSPS) is 25.4. The molecular formula is C19H21N3O6. The topological polar surface area (TPSA) is 154 Å². The van der Waals surface area contributed by atoms with E-state index in [4.69, 9.17) is 0 Å². The Bertz CT molecular complexity index is 903. The number of nitriles is 1. The molecule has 0 fully saturated rings. The van der Waals surface area contributed by atoms with Crippen molar-refractivity contribution < 1.29 is 24.7 Å². The van der Waals surface area contributed by atoms with Gasteiger partial charge in [0.05, 0.1) is 22.5 Å². The maximum atomic E-state index is 12.2. The van der Waals surface area contributed by atoms with Crippen LogP contribution in [0.25, 0.3) is 0 Å². The van der Waals surface area contributed by atoms with E-state index >= 15 is 0 Å². The molecule has 0 aliphatic carbocycles. The highest BCUT2D eigenvalue weighted by Crippen LogP contribution is 2.46. The summed E-state index contributed by atoms with van der Waals surface area (Å²) >= 11 is 0. The van der Waals surface area contributed by atoms with E-state index < -0.39 is 40.2 Å². The lowest BCUT2D eigenvalue weighted by Gasteiger charge is -2.46. The molecule has 0 spiro atoms. The highest BCUT2D eigenvalue weighted by atomic mass is 16.6. The second-order valence-corrected chi connectivity index (χ2v) is 7.27. The Morgan fingerprint density at radius 3 is 2.57 bits per heavy atom. The monoisotopic (exact) mass is 387 g/mol. The molecule has 1 heterocycles. The zero-order valence-corrected chi connectivity index (χ0v) is 15.7. The Hall–Kier alpha value is -3.41. The number of benzene rings is 1. The van der Waals surface area contributed by atoms with E-state index in [-0.39, 0.29) is 28.9 Å². The summed E-state index contributed by atoms with van der Waals surface area (Å²) < 4.78 is 0. The van der Waals surface area contributed by atoms with Crippen LogP contribution in [0.15, 0.2) is 35.5 Å². The van der Waals surface area contributed by atoms with Crippen LogP contribution in [0.4, 0.5) is 5.69 Å². The van der Waals surface area contributed by atoms with Crippen LogP contribution in [0.2, 0.25) is 0 Å². The van der Waals surface area contributed by atoms with Gasteiger partial charge in [0.25, 0.3) is 5.69 Å². The third-order valence-corrected chi connectivity index (χ3v) is 5.10. The van der Waals surface area contributed by atoms with E-state index in [9.17, 15) is 35.2 Å². The van der Waals surface area contributed by atoms with Crippen molar-refractivity contribution in [3.8, 4) is 6.07 Å². The summed E-state index contributed by atoms with van der Waals surface area (Å²) in [6.45, 7) is 4.81. The lowest BCUT2D eigenvalue weighted by atomic mass is 9.65. The Morgan fingerprint density at radius 2 is 2.07 bits per heavy atom. The Labute approximate surface area is 161 Å². The van der Waals surface area contributed by atoms with Gasteiger partial charge in [-0.25, -0.2) is 4.79 Å². The maximum Gasteiger partial charge on any atom is 0.333 e. The van der Waals surface area contributed by atoms with Gasteiger partial charge in [-0.3, -0.25) is 14.9 Å². The molecule has 4 atom stereocenters. The number of non-ortho nitro benzene ring substituents is 1. The van der Waals surface area contributed by atoms with Gasteiger partial charge in [-0.1, -0.05) is 12.1 Å². The van der Waals surface area contributed by atoms with Crippen LogP contribution >= 0.6 is 0 Å². The first-order valence-corrected chi connectivity index (χ1v) is 8.61. The first kappa shape index (κ1) is 20.9. The zero-order chi connectivity index (χ0) is 21.2. The van der Waals surface area contributed by atoms with E-state index in [2.05, 4.69) is 11.4 Å². The second-order valence-electron chi connectivity index (χ2n) is 7.27. The number of hydrogen-bond acceptors (Lipinski definition) is 6. The summed E-state index contributed by atoms with van der Waals surface area (Å²) in [4.78, 5) is 34.7. The average molecular weight is 387 g/mol. The molecule has 1 aromatic rings. The van der Waals surface area contributed by atoms with Crippen molar-refractivity contribution in [3.05, 3.63) is 51.2 Å². The molecule has 1 aliphatic rings. The predicted molar refractivity (Wildman–Crippen MR) is 98.2 cm³/mol. The summed E-state index contributed by atoms with van der Waals surface area (Å²) in [5.74, 6) is -5.40. The van der Waals surface area contributed by atoms with Gasteiger partial charge in [-0.05, 0) is 32.8 Å². The van der Waals surface area contributed by atoms with Gasteiger partial charge in [-0.15, -0.1) is 0 Å². The highest BCUT2D eigenvalue weighted by Gasteiger charge is 2.51. The number of nitro benzene ring substituents is 1. The third-order valence-electron chi connectivity index (χ3n) is 5.10. The van der Waals surface area contributed by atoms with E-state index in [0.29, 0.717) is 0 Å². The minimum atomic E-state index is -1.30. The molecule has 0 saturated carbocycles. The van der Waals surface area contributed by atoms with Gasteiger partial charge in [0.15, 0.2) is 0 Å². The van der Waals surface area contributed by atoms with Crippen molar-refractivity contribution in [2.24, 2.45) is 11.8 Å². The lowest BCUT2D eigenvalue weighted by Crippen LogP contribution is -2.58. The molecule has 148 valence electrons. The molecule has 0 amide bonds. The molecule has 9 nitrogen and oxygen atoms in total. The molecule has 1 aliphatic heterocycles. The fourth-order valence-corrected chi connectivity index (χ4v) is 4.10. The average Bonchev–Trinajstić information content (AvgIpc) is 2.59. The Kier molecular flexibility index (Phi) is 5.73. The number of allylic oxidation sites excluding steroid dienone is 1. The van der Waals surface area contributed by atoms with Crippen LogP contribution in [0.1, 0.15) is 38.7 Å². The van der Waals surface area contributed by atoms with Gasteiger partial charge in [0.2, 0.25) is 0 Å². The van der Waals surface area contributed by atoms with Crippen molar-refractivity contribution in [1.29, 1.82) is 5.26 Å². The number of carboxylic acid groups (broad SMARTS) is 2. The number of aliphatic carboxylic acids is 2. The van der Waals surface area contributed by atoms with Gasteiger partial charge >= 0.3 is 11.9 Å². The van der Waals surface area contributed by atoms with Crippen LogP contribution < -0.4 is 5.32 Å². The van der Waals surface area contributed by atoms with Crippen LogP contribution in [0.5, 0.6) is 0 Å². The quantitative estimate of drug-likeness (QED) is 0.497. The molecule has 9 heteroatoms. The maximum absolute atomic E-state index is 12.2. The SMILES string of the molecule is CC1=C(C(=O)O)C(c2cccc([N+](=O)[O-])c2)C(C(=O)O)C(C)(CC(C)C#N)N1. The molecular weight excluding hydrogens is 366 g/mol. The largest absolute Gasteiger partial charge is 0.481 e. The van der Waals surface area contributed by atoms with Crippen molar-refractivity contribution in [3.63, 3.8) is 0 Å². The number of nitrogens with one attached hydrogen (secondary N) is 1. The third kappa shape index (κ3) is 3.81. The number of nitrogens with zero attached hydrogens (tertiary/aromatic N) is 2. The van der Waals surface area contributed by atoms with Gasteiger partial charge < -0.3 is 15.5 Å². The number of hydrogen-bond donors (Lipinski definition) is 3. The molecule has 3 N–H and O–H groups in total. The first-order valence-electron chi connectivity index (χ1n) is 8.61. The van der Waals surface area contributed by atoms with Crippen LogP contribution in [-0.2, 0) is 9.59 Å². The second kappa shape index (κ2) is 7.68. The first-order chi connectivity index (χ1) is 13.0. The summed E-state index contributed by atoms with van der Waals surface area (Å²) in [5.41, 5.74) is -1.03. The van der Waals surface area contributed by atoms with Gasteiger partial charge in [0, 0.05) is 35.2 Å². The number of carboxylic acids is 2. The number of nitro groups is 1. The van der Waals surface area contributed by atoms with E-state index in [1.165, 1.54) is 31.2 Å². The van der Waals surface area contributed by atoms with E-state index in [0.717, 1.165) is 0 Å². The fourth-order valence-electron chi connectivity index (χ4n) is 4.10. The van der Waals surface area contributed by atoms with Crippen molar-refractivity contribution >= 4 is 17.6 Å². The molecule has 28 heavy (non-hydrogen) atoms. The van der Waals surface area contributed by atoms with E-state index in [1.807, 2.05) is 0 Å². The zero-order valence-electron chi connectivity index (χ0n) is 15.7. The standard InChI is InChI=1S/C19H21N3O6/c1-10(9-20)8-19(3)16(18(25)26)15(14(17(23)24)11(2)21-19)12-5-4-6-13(7-12)22(27)28/h4-7,10,15-16,21H,8H2,1-3H3,(H,23,24)(H,25,26). The van der Waals surface area contributed by atoms with Crippen molar-refractivity contribution in [2.45, 2.75) is 38.6 Å². The summed E-state index contributed by atoms with van der Waals surface area (Å²) in [6, 6.07) is 7.42. The lowest BCUT2D eigenvalue weighted by molar-refractivity contribution is -0.384. The van der Waals surface area contributed by atoms with Gasteiger partial charge in [-0.2, -0.15) is 5.26 Å². The molecule has 0 bridgehead atoms. The number of rotatable bonds is 6. The molecule has 2 rings (SSSR count). The fraction of sp³-hybridized carbons (Fsp3) is 0.421. The Balaban J connectivity index is 2.75. The van der Waals surface area contributed by atoms with Crippen LogP contribution in [0.3, 0.4) is 0 Å². The van der Waals surface area contributed by atoms with Crippen molar-refractivity contribution in [2.75, 3.05) is 0 Å². The summed E-state index contributed by atoms with van der Waals surface area (Å²) in [6.07, 6.45) is 0.163. The summed E-state index contributed by atoms with van der Waals surface area (Å²) in [7, 11) is 0. The smallest absolute Gasteiger partial charge is 0.333 e. The molecule has 1 aromatic carbocycles. The van der Waals surface area contributed by atoms with Crippen molar-refractivity contribution in [1.82, 2.24) is 5.32 Å². The van der Waals surface area contributed by atoms with Crippen LogP contribution in [0, 0.1) is 33.3 Å². The van der Waals surface area contributed by atoms with E-state index in [1.54, 1.807) is 13.8 Å². The molecule has 0 radical (unpaired) electrons. The van der Waals surface area contributed by atoms with Gasteiger partial charge in [0.1, 0.15) is 0 Å².